The van der Waals surface area contributed by atoms with Gasteiger partial charge in [0.15, 0.2) is 5.78 Å². The molecule has 15 heavy (non-hydrogen) atoms. The van der Waals surface area contributed by atoms with Crippen molar-refractivity contribution in [3.8, 4) is 5.75 Å². The van der Waals surface area contributed by atoms with Crippen LogP contribution >= 0.6 is 0 Å². The average molecular weight is 201 g/mol. The van der Waals surface area contributed by atoms with E-state index >= 15 is 0 Å². The molecule has 0 fully saturated rings. The van der Waals surface area contributed by atoms with Crippen molar-refractivity contribution in [2.24, 2.45) is 0 Å². The number of fused-ring (bicyclic) bond motifs is 1. The molecule has 0 saturated heterocycles. The molecule has 0 unspecified atom stereocenters. The highest BCUT2D eigenvalue weighted by molar-refractivity contribution is 6.06. The Morgan fingerprint density at radius 1 is 1.33 bits per heavy atom. The summed E-state index contributed by atoms with van der Waals surface area (Å²) in [6, 6.07) is 7.26. The maximum absolute atomic E-state index is 11.4. The van der Waals surface area contributed by atoms with Crippen LogP contribution in [0.25, 0.3) is 10.9 Å². The molecule has 1 aromatic heterocycles. The molecule has 0 spiro atoms. The van der Waals surface area contributed by atoms with E-state index in [0.29, 0.717) is 11.1 Å². The molecule has 3 nitrogen and oxygen atoms in total. The molecule has 0 aliphatic heterocycles. The van der Waals surface area contributed by atoms with Gasteiger partial charge in [0.2, 0.25) is 0 Å². The zero-order chi connectivity index (χ0) is 10.8. The van der Waals surface area contributed by atoms with Gasteiger partial charge in [-0.05, 0) is 31.2 Å². The van der Waals surface area contributed by atoms with E-state index in [1.165, 1.54) is 6.92 Å². The van der Waals surface area contributed by atoms with Crippen molar-refractivity contribution in [2.45, 2.75) is 6.92 Å². The Morgan fingerprint density at radius 3 is 2.80 bits per heavy atom. The number of pyridine rings is 1. The lowest BCUT2D eigenvalue weighted by Gasteiger charge is -2.07. The molecule has 1 aromatic carbocycles. The number of hydrogen-bond donors (Lipinski definition) is 0. The molecule has 76 valence electrons. The molecule has 2 rings (SSSR count). The minimum Gasteiger partial charge on any atom is -0.496 e. The van der Waals surface area contributed by atoms with Crippen LogP contribution in [0, 0.1) is 0 Å². The van der Waals surface area contributed by atoms with Crippen LogP contribution in [0.2, 0.25) is 0 Å². The third-order valence-corrected chi connectivity index (χ3v) is 2.33. The second-order valence-corrected chi connectivity index (χ2v) is 3.27. The second kappa shape index (κ2) is 3.69. The molecule has 0 saturated carbocycles. The second-order valence-electron chi connectivity index (χ2n) is 3.27. The number of ether oxygens (including phenoxy) is 1. The highest BCUT2D eigenvalue weighted by atomic mass is 16.5. The van der Waals surface area contributed by atoms with Gasteiger partial charge in [-0.2, -0.15) is 0 Å². The van der Waals surface area contributed by atoms with E-state index < -0.39 is 0 Å². The molecular formula is C12H11NO2. The Bertz CT molecular complexity index is 520. The minimum atomic E-state index is 0.0151. The van der Waals surface area contributed by atoms with E-state index in [1.807, 2.05) is 12.1 Å². The summed E-state index contributed by atoms with van der Waals surface area (Å²) in [5.41, 5.74) is 1.33. The Kier molecular flexibility index (Phi) is 2.37. The molecule has 1 heterocycles. The first-order valence-corrected chi connectivity index (χ1v) is 4.66. The zero-order valence-corrected chi connectivity index (χ0v) is 8.65. The number of rotatable bonds is 2. The Balaban J connectivity index is 2.83. The molecule has 3 heteroatoms. The fourth-order valence-electron chi connectivity index (χ4n) is 1.61. The molecule has 0 radical (unpaired) electrons. The number of hydrogen-bond acceptors (Lipinski definition) is 3. The van der Waals surface area contributed by atoms with E-state index in [2.05, 4.69) is 4.98 Å². The van der Waals surface area contributed by atoms with Crippen molar-refractivity contribution in [1.82, 2.24) is 4.98 Å². The van der Waals surface area contributed by atoms with Crippen LogP contribution in [0.5, 0.6) is 5.75 Å². The zero-order valence-electron chi connectivity index (χ0n) is 8.65. The average Bonchev–Trinajstić information content (AvgIpc) is 2.27. The maximum Gasteiger partial charge on any atom is 0.161 e. The van der Waals surface area contributed by atoms with Crippen molar-refractivity contribution in [3.63, 3.8) is 0 Å². The summed E-state index contributed by atoms with van der Waals surface area (Å²) in [5.74, 6) is 0.754. The molecular weight excluding hydrogens is 190 g/mol. The van der Waals surface area contributed by atoms with Crippen LogP contribution in [0.3, 0.4) is 0 Å². The van der Waals surface area contributed by atoms with Crippen LogP contribution in [0.4, 0.5) is 0 Å². The molecule has 0 aliphatic rings. The normalized spacial score (nSPS) is 10.3. The number of aromatic nitrogens is 1. The third kappa shape index (κ3) is 1.56. The van der Waals surface area contributed by atoms with Crippen molar-refractivity contribution in [1.29, 1.82) is 0 Å². The van der Waals surface area contributed by atoms with Gasteiger partial charge in [-0.3, -0.25) is 9.78 Å². The van der Waals surface area contributed by atoms with Crippen LogP contribution in [-0.4, -0.2) is 17.9 Å². The van der Waals surface area contributed by atoms with E-state index in [1.54, 1.807) is 25.4 Å². The fourth-order valence-corrected chi connectivity index (χ4v) is 1.61. The smallest absolute Gasteiger partial charge is 0.161 e. The molecule has 2 aromatic rings. The first kappa shape index (κ1) is 9.65. The number of benzene rings is 1. The SMILES string of the molecule is COc1ccc(C(C)=O)c2ncccc12. The number of ketones is 1. The van der Waals surface area contributed by atoms with Gasteiger partial charge < -0.3 is 4.74 Å². The van der Waals surface area contributed by atoms with E-state index in [4.69, 9.17) is 4.74 Å². The molecule has 0 bridgehead atoms. The van der Waals surface area contributed by atoms with Gasteiger partial charge in [0.05, 0.1) is 12.6 Å². The van der Waals surface area contributed by atoms with E-state index in [-0.39, 0.29) is 5.78 Å². The lowest BCUT2D eigenvalue weighted by atomic mass is 10.1. The van der Waals surface area contributed by atoms with Gasteiger partial charge in [0, 0.05) is 17.1 Å². The summed E-state index contributed by atoms with van der Waals surface area (Å²) in [4.78, 5) is 15.6. The maximum atomic E-state index is 11.4. The van der Waals surface area contributed by atoms with E-state index in [9.17, 15) is 4.79 Å². The molecule has 0 aliphatic carbocycles. The molecule has 0 atom stereocenters. The minimum absolute atomic E-state index is 0.0151. The number of nitrogens with zero attached hydrogens (tertiary/aromatic N) is 1. The predicted molar refractivity (Wildman–Crippen MR) is 58.3 cm³/mol. The van der Waals surface area contributed by atoms with Crippen LogP contribution in [-0.2, 0) is 0 Å². The Hall–Kier alpha value is -1.90. The number of Topliss-reactive ketones (excluding diaryl/α,β-unsaturated/α-hetero) is 1. The lowest BCUT2D eigenvalue weighted by molar-refractivity contribution is 0.101. The predicted octanol–water partition coefficient (Wildman–Crippen LogP) is 2.45. The van der Waals surface area contributed by atoms with Crippen LogP contribution in [0.1, 0.15) is 17.3 Å². The third-order valence-electron chi connectivity index (χ3n) is 2.33. The summed E-state index contributed by atoms with van der Waals surface area (Å²) >= 11 is 0. The number of carbonyl (C=O) groups excluding carboxylic acids is 1. The summed E-state index contributed by atoms with van der Waals surface area (Å²) < 4.78 is 5.21. The first-order chi connectivity index (χ1) is 7.24. The van der Waals surface area contributed by atoms with Gasteiger partial charge >= 0.3 is 0 Å². The van der Waals surface area contributed by atoms with Crippen molar-refractivity contribution in [2.75, 3.05) is 7.11 Å². The van der Waals surface area contributed by atoms with Gasteiger partial charge in [-0.15, -0.1) is 0 Å². The Morgan fingerprint density at radius 2 is 2.13 bits per heavy atom. The van der Waals surface area contributed by atoms with Gasteiger partial charge in [-0.25, -0.2) is 0 Å². The summed E-state index contributed by atoms with van der Waals surface area (Å²) in [7, 11) is 1.61. The standard InChI is InChI=1S/C12H11NO2/c1-8(14)9-5-6-11(15-2)10-4-3-7-13-12(9)10/h3-7H,1-2H3. The van der Waals surface area contributed by atoms with Gasteiger partial charge in [-0.1, -0.05) is 0 Å². The first-order valence-electron chi connectivity index (χ1n) is 4.66. The van der Waals surface area contributed by atoms with Crippen molar-refractivity contribution in [3.05, 3.63) is 36.0 Å². The van der Waals surface area contributed by atoms with Gasteiger partial charge in [0.25, 0.3) is 0 Å². The van der Waals surface area contributed by atoms with E-state index in [0.717, 1.165) is 11.1 Å². The molecule has 0 N–H and O–H groups in total. The van der Waals surface area contributed by atoms with Crippen molar-refractivity contribution < 1.29 is 9.53 Å². The Labute approximate surface area is 87.7 Å². The highest BCUT2D eigenvalue weighted by Gasteiger charge is 2.09. The van der Waals surface area contributed by atoms with Crippen molar-refractivity contribution >= 4 is 16.7 Å². The number of methoxy groups -OCH3 is 1. The topological polar surface area (TPSA) is 39.2 Å². The highest BCUT2D eigenvalue weighted by Crippen LogP contribution is 2.26. The fraction of sp³-hybridized carbons (Fsp3) is 0.167. The molecule has 0 amide bonds. The number of carbonyl (C=O) groups is 1. The monoisotopic (exact) mass is 201 g/mol. The summed E-state index contributed by atoms with van der Waals surface area (Å²) in [6.45, 7) is 1.54. The summed E-state index contributed by atoms with van der Waals surface area (Å²) in [5, 5.41) is 0.868. The quantitative estimate of drug-likeness (QED) is 0.700. The summed E-state index contributed by atoms with van der Waals surface area (Å²) in [6.07, 6.45) is 1.67. The lowest BCUT2D eigenvalue weighted by Crippen LogP contribution is -1.96. The van der Waals surface area contributed by atoms with Crippen LogP contribution in [0.15, 0.2) is 30.5 Å². The largest absolute Gasteiger partial charge is 0.496 e. The van der Waals surface area contributed by atoms with Gasteiger partial charge in [0.1, 0.15) is 5.75 Å². The van der Waals surface area contributed by atoms with Crippen LogP contribution < -0.4 is 4.74 Å².